The maximum Gasteiger partial charge on any atom is 0.241 e. The Morgan fingerprint density at radius 1 is 1.07 bits per heavy atom. The molecular weight excluding hydrogens is 368 g/mol. The number of ether oxygens (including phenoxy) is 2. The molecule has 4 rings (SSSR count). The SMILES string of the molecule is O=S(=O)(NCc1cccnc1-n1cccn1)c1ccc2c(c1)OCCCO2. The quantitative estimate of drug-likeness (QED) is 0.720. The van der Waals surface area contributed by atoms with Gasteiger partial charge in [-0.05, 0) is 24.3 Å². The summed E-state index contributed by atoms with van der Waals surface area (Å²) in [6.45, 7) is 1.13. The Kier molecular flexibility index (Phi) is 4.78. The van der Waals surface area contributed by atoms with Crippen LogP contribution >= 0.6 is 0 Å². The van der Waals surface area contributed by atoms with Crippen LogP contribution in [0.4, 0.5) is 0 Å². The lowest BCUT2D eigenvalue weighted by Crippen LogP contribution is -2.24. The van der Waals surface area contributed by atoms with E-state index in [0.717, 1.165) is 6.42 Å². The van der Waals surface area contributed by atoms with Crippen molar-refractivity contribution in [1.82, 2.24) is 19.5 Å². The van der Waals surface area contributed by atoms with Gasteiger partial charge in [0.1, 0.15) is 0 Å². The maximum absolute atomic E-state index is 12.7. The minimum atomic E-state index is -3.73. The molecule has 1 aliphatic rings. The third-order valence-corrected chi connectivity index (χ3v) is 5.47. The molecule has 0 fully saturated rings. The van der Waals surface area contributed by atoms with Gasteiger partial charge in [-0.1, -0.05) is 6.07 Å². The highest BCUT2D eigenvalue weighted by atomic mass is 32.2. The molecule has 8 nitrogen and oxygen atoms in total. The van der Waals surface area contributed by atoms with Crippen LogP contribution in [0.15, 0.2) is 59.9 Å². The number of benzene rings is 1. The van der Waals surface area contributed by atoms with Crippen LogP contribution in [0.2, 0.25) is 0 Å². The van der Waals surface area contributed by atoms with Crippen LogP contribution in [-0.4, -0.2) is 36.4 Å². The maximum atomic E-state index is 12.7. The van der Waals surface area contributed by atoms with Gasteiger partial charge in [0.2, 0.25) is 10.0 Å². The number of hydrogen-bond acceptors (Lipinski definition) is 6. The first-order valence-corrected chi connectivity index (χ1v) is 9.95. The minimum Gasteiger partial charge on any atom is -0.490 e. The van der Waals surface area contributed by atoms with Crippen LogP contribution in [0.25, 0.3) is 5.82 Å². The molecule has 27 heavy (non-hydrogen) atoms. The molecule has 9 heteroatoms. The Morgan fingerprint density at radius 3 is 2.74 bits per heavy atom. The number of sulfonamides is 1. The average molecular weight is 386 g/mol. The van der Waals surface area contributed by atoms with Crippen molar-refractivity contribution in [3.8, 4) is 17.3 Å². The molecule has 0 radical (unpaired) electrons. The molecule has 3 heterocycles. The number of aromatic nitrogens is 3. The molecule has 2 aromatic heterocycles. The Hall–Kier alpha value is -2.91. The smallest absolute Gasteiger partial charge is 0.241 e. The number of hydrogen-bond donors (Lipinski definition) is 1. The second-order valence-corrected chi connectivity index (χ2v) is 7.69. The fourth-order valence-corrected chi connectivity index (χ4v) is 3.76. The van der Waals surface area contributed by atoms with E-state index in [0.29, 0.717) is 36.1 Å². The van der Waals surface area contributed by atoms with Crippen molar-refractivity contribution in [3.63, 3.8) is 0 Å². The van der Waals surface area contributed by atoms with Crippen molar-refractivity contribution in [2.75, 3.05) is 13.2 Å². The second kappa shape index (κ2) is 7.37. The molecule has 0 saturated carbocycles. The zero-order valence-electron chi connectivity index (χ0n) is 14.4. The summed E-state index contributed by atoms with van der Waals surface area (Å²) >= 11 is 0. The van der Waals surface area contributed by atoms with E-state index in [1.807, 2.05) is 0 Å². The lowest BCUT2D eigenvalue weighted by atomic mass is 10.2. The summed E-state index contributed by atoms with van der Waals surface area (Å²) in [5.41, 5.74) is 0.708. The van der Waals surface area contributed by atoms with Gasteiger partial charge >= 0.3 is 0 Å². The minimum absolute atomic E-state index is 0.0831. The summed E-state index contributed by atoms with van der Waals surface area (Å²) in [6, 6.07) is 9.95. The molecular formula is C18H18N4O4S. The summed E-state index contributed by atoms with van der Waals surface area (Å²) in [5.74, 6) is 1.57. The second-order valence-electron chi connectivity index (χ2n) is 5.92. The molecule has 140 valence electrons. The topological polar surface area (TPSA) is 95.3 Å². The van der Waals surface area contributed by atoms with E-state index in [1.54, 1.807) is 47.5 Å². The van der Waals surface area contributed by atoms with Crippen molar-refractivity contribution in [3.05, 3.63) is 60.6 Å². The number of pyridine rings is 1. The summed E-state index contributed by atoms with van der Waals surface area (Å²) in [5, 5.41) is 4.15. The average Bonchev–Trinajstić information content (AvgIpc) is 3.11. The molecule has 1 N–H and O–H groups in total. The van der Waals surface area contributed by atoms with Crippen LogP contribution in [0.1, 0.15) is 12.0 Å². The molecule has 0 saturated heterocycles. The lowest BCUT2D eigenvalue weighted by Gasteiger charge is -2.12. The fraction of sp³-hybridized carbons (Fsp3) is 0.222. The monoisotopic (exact) mass is 386 g/mol. The molecule has 0 unspecified atom stereocenters. The van der Waals surface area contributed by atoms with Crippen molar-refractivity contribution in [2.45, 2.75) is 17.9 Å². The normalized spacial score (nSPS) is 13.9. The molecule has 0 amide bonds. The highest BCUT2D eigenvalue weighted by Crippen LogP contribution is 2.31. The summed E-state index contributed by atoms with van der Waals surface area (Å²) < 4.78 is 40.8. The van der Waals surface area contributed by atoms with Crippen LogP contribution in [0.3, 0.4) is 0 Å². The van der Waals surface area contributed by atoms with E-state index in [-0.39, 0.29) is 11.4 Å². The van der Waals surface area contributed by atoms with E-state index in [1.165, 1.54) is 12.1 Å². The molecule has 1 aliphatic heterocycles. The fourth-order valence-electron chi connectivity index (χ4n) is 2.74. The number of rotatable bonds is 5. The summed E-state index contributed by atoms with van der Waals surface area (Å²) in [4.78, 5) is 4.41. The van der Waals surface area contributed by atoms with Gasteiger partial charge < -0.3 is 9.47 Å². The number of nitrogens with zero attached hydrogens (tertiary/aromatic N) is 3. The van der Waals surface area contributed by atoms with Crippen LogP contribution in [-0.2, 0) is 16.6 Å². The van der Waals surface area contributed by atoms with Crippen LogP contribution in [0, 0.1) is 0 Å². The number of fused-ring (bicyclic) bond motifs is 1. The lowest BCUT2D eigenvalue weighted by molar-refractivity contribution is 0.297. The largest absolute Gasteiger partial charge is 0.490 e. The third kappa shape index (κ3) is 3.79. The zero-order chi connectivity index (χ0) is 18.7. The molecule has 0 aliphatic carbocycles. The van der Waals surface area contributed by atoms with E-state index in [9.17, 15) is 8.42 Å². The Bertz CT molecular complexity index is 1040. The van der Waals surface area contributed by atoms with E-state index in [4.69, 9.17) is 9.47 Å². The zero-order valence-corrected chi connectivity index (χ0v) is 15.2. The van der Waals surface area contributed by atoms with E-state index < -0.39 is 10.0 Å². The van der Waals surface area contributed by atoms with Gasteiger partial charge in [0.25, 0.3) is 0 Å². The Morgan fingerprint density at radius 2 is 1.93 bits per heavy atom. The first-order chi connectivity index (χ1) is 13.1. The summed E-state index contributed by atoms with van der Waals surface area (Å²) in [7, 11) is -3.73. The van der Waals surface area contributed by atoms with E-state index in [2.05, 4.69) is 14.8 Å². The van der Waals surface area contributed by atoms with Gasteiger partial charge in [-0.25, -0.2) is 22.8 Å². The first-order valence-electron chi connectivity index (χ1n) is 8.47. The summed E-state index contributed by atoms with van der Waals surface area (Å²) in [6.07, 6.45) is 5.79. The van der Waals surface area contributed by atoms with Crippen molar-refractivity contribution in [2.24, 2.45) is 0 Å². The van der Waals surface area contributed by atoms with Gasteiger partial charge in [-0.15, -0.1) is 0 Å². The Balaban J connectivity index is 1.56. The standard InChI is InChI=1S/C18H18N4O4S/c23-27(24,15-5-6-16-17(12-15)26-11-3-10-25-16)21-13-14-4-1-7-19-18(14)22-9-2-8-20-22/h1-2,4-9,12,21H,3,10-11,13H2. The van der Waals surface area contributed by atoms with Gasteiger partial charge in [0, 0.05) is 43.2 Å². The van der Waals surface area contributed by atoms with E-state index >= 15 is 0 Å². The predicted octanol–water partition coefficient (Wildman–Crippen LogP) is 1.91. The first kappa shape index (κ1) is 17.5. The molecule has 0 atom stereocenters. The van der Waals surface area contributed by atoms with Crippen molar-refractivity contribution in [1.29, 1.82) is 0 Å². The van der Waals surface area contributed by atoms with Gasteiger partial charge in [0.15, 0.2) is 17.3 Å². The molecule has 3 aromatic rings. The molecule has 0 spiro atoms. The highest BCUT2D eigenvalue weighted by Gasteiger charge is 2.19. The predicted molar refractivity (Wildman–Crippen MR) is 97.4 cm³/mol. The molecule has 1 aromatic carbocycles. The van der Waals surface area contributed by atoms with Crippen molar-refractivity contribution < 1.29 is 17.9 Å². The van der Waals surface area contributed by atoms with Gasteiger partial charge in [0.05, 0.1) is 18.1 Å². The van der Waals surface area contributed by atoms with Gasteiger partial charge in [-0.2, -0.15) is 5.10 Å². The molecule has 0 bridgehead atoms. The van der Waals surface area contributed by atoms with Crippen molar-refractivity contribution >= 4 is 10.0 Å². The third-order valence-electron chi connectivity index (χ3n) is 4.07. The van der Waals surface area contributed by atoms with Gasteiger partial charge in [-0.3, -0.25) is 0 Å². The highest BCUT2D eigenvalue weighted by molar-refractivity contribution is 7.89. The Labute approximate surface area is 156 Å². The van der Waals surface area contributed by atoms with Crippen LogP contribution < -0.4 is 14.2 Å². The van der Waals surface area contributed by atoms with Crippen LogP contribution in [0.5, 0.6) is 11.5 Å². The number of nitrogens with one attached hydrogen (secondary N) is 1.